The van der Waals surface area contributed by atoms with Crippen LogP contribution in [0.3, 0.4) is 0 Å². The summed E-state index contributed by atoms with van der Waals surface area (Å²) < 4.78 is 12.8. The Balaban J connectivity index is 3.46. The van der Waals surface area contributed by atoms with E-state index in [-0.39, 0.29) is 20.9 Å². The minimum atomic E-state index is -0.665. The summed E-state index contributed by atoms with van der Waals surface area (Å²) in [5, 5.41) is 8.84. The number of nitrogen functional groups attached to an aromatic ring is 1. The molecule has 1 rings (SSSR count). The molecular formula is C6H4BrClFNO. The van der Waals surface area contributed by atoms with Crippen LogP contribution in [0.5, 0.6) is 5.75 Å². The predicted octanol–water partition coefficient (Wildman–Crippen LogP) is 2.53. The first-order valence-electron chi connectivity index (χ1n) is 2.66. The van der Waals surface area contributed by atoms with E-state index in [0.29, 0.717) is 0 Å². The van der Waals surface area contributed by atoms with Crippen molar-refractivity contribution in [3.05, 3.63) is 21.4 Å². The van der Waals surface area contributed by atoms with Gasteiger partial charge in [-0.1, -0.05) is 11.6 Å². The summed E-state index contributed by atoms with van der Waals surface area (Å²) in [5.41, 5.74) is 5.21. The van der Waals surface area contributed by atoms with Crippen LogP contribution in [0.4, 0.5) is 10.1 Å². The molecule has 0 aliphatic rings. The van der Waals surface area contributed by atoms with Gasteiger partial charge in [-0.2, -0.15) is 0 Å². The quantitative estimate of drug-likeness (QED) is 0.416. The van der Waals surface area contributed by atoms with Gasteiger partial charge in [0.15, 0.2) is 5.82 Å². The fourth-order valence-corrected chi connectivity index (χ4v) is 1.33. The molecule has 0 aliphatic heterocycles. The van der Waals surface area contributed by atoms with Gasteiger partial charge < -0.3 is 10.8 Å². The summed E-state index contributed by atoms with van der Waals surface area (Å²) in [6, 6.07) is 1.05. The summed E-state index contributed by atoms with van der Waals surface area (Å²) in [5.74, 6) is -0.898. The molecule has 11 heavy (non-hydrogen) atoms. The Kier molecular flexibility index (Phi) is 2.25. The molecule has 1 aromatic carbocycles. The number of nitrogens with two attached hydrogens (primary N) is 1. The van der Waals surface area contributed by atoms with Gasteiger partial charge in [-0.3, -0.25) is 0 Å². The Hall–Kier alpha value is -0.480. The van der Waals surface area contributed by atoms with Crippen LogP contribution >= 0.6 is 27.5 Å². The van der Waals surface area contributed by atoms with Gasteiger partial charge in [0.25, 0.3) is 0 Å². The number of rotatable bonds is 0. The Bertz CT molecular complexity index is 279. The SMILES string of the molecule is Nc1c(O)cc(Cl)c(F)c1Br. The first-order chi connectivity index (χ1) is 5.04. The summed E-state index contributed by atoms with van der Waals surface area (Å²) in [6.45, 7) is 0. The number of hydrogen-bond donors (Lipinski definition) is 2. The minimum absolute atomic E-state index is 0.0116. The van der Waals surface area contributed by atoms with Crippen molar-refractivity contribution in [2.24, 2.45) is 0 Å². The smallest absolute Gasteiger partial charge is 0.158 e. The van der Waals surface area contributed by atoms with Crippen LogP contribution in [-0.2, 0) is 0 Å². The summed E-state index contributed by atoms with van der Waals surface area (Å²) >= 11 is 8.21. The first kappa shape index (κ1) is 8.62. The lowest BCUT2D eigenvalue weighted by molar-refractivity contribution is 0.475. The largest absolute Gasteiger partial charge is 0.506 e. The first-order valence-corrected chi connectivity index (χ1v) is 3.83. The van der Waals surface area contributed by atoms with Gasteiger partial charge >= 0.3 is 0 Å². The van der Waals surface area contributed by atoms with Crippen molar-refractivity contribution >= 4 is 33.2 Å². The number of halogens is 3. The van der Waals surface area contributed by atoms with Gasteiger partial charge in [0.2, 0.25) is 0 Å². The van der Waals surface area contributed by atoms with Crippen molar-refractivity contribution in [1.29, 1.82) is 0 Å². The van der Waals surface area contributed by atoms with Crippen LogP contribution < -0.4 is 5.73 Å². The minimum Gasteiger partial charge on any atom is -0.506 e. The third-order valence-corrected chi connectivity index (χ3v) is 2.23. The number of aromatic hydroxyl groups is 1. The van der Waals surface area contributed by atoms with Crippen molar-refractivity contribution in [1.82, 2.24) is 0 Å². The van der Waals surface area contributed by atoms with Gasteiger partial charge in [0.05, 0.1) is 15.2 Å². The molecule has 0 aliphatic carbocycles. The second-order valence-corrected chi connectivity index (χ2v) is 3.12. The Morgan fingerprint density at radius 2 is 2.18 bits per heavy atom. The fraction of sp³-hybridized carbons (Fsp3) is 0. The average Bonchev–Trinajstić information content (AvgIpc) is 1.97. The molecule has 60 valence electrons. The Labute approximate surface area is 75.9 Å². The molecule has 0 saturated heterocycles. The standard InChI is InChI=1S/C6H4BrClFNO/c7-4-5(9)2(8)1-3(11)6(4)10/h1,11H,10H2. The highest BCUT2D eigenvalue weighted by atomic mass is 79.9. The molecule has 0 aromatic heterocycles. The number of phenolic OH excluding ortho intramolecular Hbond substituents is 1. The average molecular weight is 240 g/mol. The maximum Gasteiger partial charge on any atom is 0.158 e. The molecule has 0 unspecified atom stereocenters. The van der Waals surface area contributed by atoms with Crippen LogP contribution in [0.1, 0.15) is 0 Å². The van der Waals surface area contributed by atoms with Crippen LogP contribution in [0.15, 0.2) is 10.5 Å². The van der Waals surface area contributed by atoms with Crippen LogP contribution in [0.2, 0.25) is 5.02 Å². The van der Waals surface area contributed by atoms with E-state index in [9.17, 15) is 4.39 Å². The second kappa shape index (κ2) is 2.87. The number of hydrogen-bond acceptors (Lipinski definition) is 2. The van der Waals surface area contributed by atoms with E-state index in [2.05, 4.69) is 15.9 Å². The van der Waals surface area contributed by atoms with Crippen LogP contribution in [0.25, 0.3) is 0 Å². The summed E-state index contributed by atoms with van der Waals surface area (Å²) in [4.78, 5) is 0. The highest BCUT2D eigenvalue weighted by molar-refractivity contribution is 9.10. The van der Waals surface area contributed by atoms with E-state index in [1.54, 1.807) is 0 Å². The molecule has 1 aromatic rings. The van der Waals surface area contributed by atoms with E-state index in [4.69, 9.17) is 22.4 Å². The Morgan fingerprint density at radius 3 is 2.73 bits per heavy atom. The maximum atomic E-state index is 12.8. The zero-order chi connectivity index (χ0) is 8.59. The third kappa shape index (κ3) is 1.41. The van der Waals surface area contributed by atoms with E-state index < -0.39 is 5.82 Å². The zero-order valence-electron chi connectivity index (χ0n) is 5.24. The van der Waals surface area contributed by atoms with E-state index in [1.807, 2.05) is 0 Å². The molecular weight excluding hydrogens is 236 g/mol. The normalized spacial score (nSPS) is 10.1. The van der Waals surface area contributed by atoms with Crippen molar-refractivity contribution < 1.29 is 9.50 Å². The van der Waals surface area contributed by atoms with Gasteiger partial charge in [-0.25, -0.2) is 4.39 Å². The highest BCUT2D eigenvalue weighted by Crippen LogP contribution is 2.35. The summed E-state index contributed by atoms with van der Waals surface area (Å²) in [6.07, 6.45) is 0. The van der Waals surface area contributed by atoms with Crippen LogP contribution in [0, 0.1) is 5.82 Å². The fourth-order valence-electron chi connectivity index (χ4n) is 0.597. The molecule has 0 saturated carbocycles. The topological polar surface area (TPSA) is 46.2 Å². The van der Waals surface area contributed by atoms with E-state index in [1.165, 1.54) is 0 Å². The lowest BCUT2D eigenvalue weighted by atomic mass is 10.3. The van der Waals surface area contributed by atoms with E-state index in [0.717, 1.165) is 6.07 Å². The van der Waals surface area contributed by atoms with Gasteiger partial charge in [0.1, 0.15) is 5.75 Å². The molecule has 0 radical (unpaired) electrons. The van der Waals surface area contributed by atoms with Crippen molar-refractivity contribution in [3.8, 4) is 5.75 Å². The van der Waals surface area contributed by atoms with Gasteiger partial charge in [-0.05, 0) is 15.9 Å². The van der Waals surface area contributed by atoms with Crippen molar-refractivity contribution in [2.75, 3.05) is 5.73 Å². The Morgan fingerprint density at radius 1 is 1.64 bits per heavy atom. The van der Waals surface area contributed by atoms with E-state index >= 15 is 0 Å². The number of benzene rings is 1. The maximum absolute atomic E-state index is 12.8. The van der Waals surface area contributed by atoms with Gasteiger partial charge in [-0.15, -0.1) is 0 Å². The lowest BCUT2D eigenvalue weighted by Gasteiger charge is -2.03. The highest BCUT2D eigenvalue weighted by Gasteiger charge is 2.11. The molecule has 0 heterocycles. The molecule has 0 spiro atoms. The number of anilines is 1. The second-order valence-electron chi connectivity index (χ2n) is 1.92. The monoisotopic (exact) mass is 239 g/mol. The lowest BCUT2D eigenvalue weighted by Crippen LogP contribution is -1.91. The molecule has 2 nitrogen and oxygen atoms in total. The zero-order valence-corrected chi connectivity index (χ0v) is 7.58. The van der Waals surface area contributed by atoms with Crippen molar-refractivity contribution in [3.63, 3.8) is 0 Å². The molecule has 3 N–H and O–H groups in total. The summed E-state index contributed by atoms with van der Waals surface area (Å²) in [7, 11) is 0. The molecule has 5 heteroatoms. The molecule has 0 amide bonds. The third-order valence-electron chi connectivity index (χ3n) is 1.18. The molecule has 0 fully saturated rings. The molecule has 0 bridgehead atoms. The van der Waals surface area contributed by atoms with Crippen LogP contribution in [-0.4, -0.2) is 5.11 Å². The van der Waals surface area contributed by atoms with Crippen molar-refractivity contribution in [2.45, 2.75) is 0 Å². The molecule has 0 atom stereocenters. The number of phenols is 1. The predicted molar refractivity (Wildman–Crippen MR) is 45.2 cm³/mol. The van der Waals surface area contributed by atoms with Gasteiger partial charge in [0, 0.05) is 6.07 Å².